The molecule has 4 rings (SSSR count). The van der Waals surface area contributed by atoms with E-state index in [9.17, 15) is 9.90 Å². The molecule has 2 heterocycles. The summed E-state index contributed by atoms with van der Waals surface area (Å²) in [6.07, 6.45) is -0.0270. The number of aliphatic hydroxyl groups is 1. The molecule has 1 fully saturated rings. The van der Waals surface area contributed by atoms with Gasteiger partial charge in [0, 0.05) is 23.5 Å². The van der Waals surface area contributed by atoms with Crippen LogP contribution in [0.4, 0.5) is 4.79 Å². The van der Waals surface area contributed by atoms with Crippen LogP contribution in [0.5, 0.6) is 5.88 Å². The Bertz CT molecular complexity index is 1100. The number of nitrogens with zero attached hydrogens (tertiary/aromatic N) is 2. The summed E-state index contributed by atoms with van der Waals surface area (Å²) in [5.74, 6) is 0.944. The highest BCUT2D eigenvalue weighted by Gasteiger charge is 2.34. The van der Waals surface area contributed by atoms with Crippen molar-refractivity contribution in [2.45, 2.75) is 44.8 Å². The zero-order valence-electron chi connectivity index (χ0n) is 18.4. The van der Waals surface area contributed by atoms with Gasteiger partial charge in [-0.1, -0.05) is 40.2 Å². The summed E-state index contributed by atoms with van der Waals surface area (Å²) in [6.45, 7) is 4.92. The predicted molar refractivity (Wildman–Crippen MR) is 124 cm³/mol. The summed E-state index contributed by atoms with van der Waals surface area (Å²) in [5, 5.41) is 17.7. The Morgan fingerprint density at radius 1 is 1.25 bits per heavy atom. The van der Waals surface area contributed by atoms with E-state index in [2.05, 4.69) is 21.1 Å². The molecule has 8 heteroatoms. The third-order valence-electron chi connectivity index (χ3n) is 5.81. The number of hydrogen-bond donors (Lipinski definition) is 1. The lowest BCUT2D eigenvalue weighted by Crippen LogP contribution is -2.37. The molecule has 1 N–H and O–H groups in total. The normalized spacial score (nSPS) is 15.9. The average Bonchev–Trinajstić information content (AvgIpc) is 3.21. The molecule has 1 aliphatic heterocycles. The molecular formula is C24H27BrN2O5. The van der Waals surface area contributed by atoms with Gasteiger partial charge < -0.3 is 24.0 Å². The maximum absolute atomic E-state index is 11.8. The number of methoxy groups -OCH3 is 1. The van der Waals surface area contributed by atoms with Crippen molar-refractivity contribution in [3.8, 4) is 5.88 Å². The Labute approximate surface area is 195 Å². The third-order valence-corrected chi connectivity index (χ3v) is 6.50. The molecule has 2 aromatic carbocycles. The Morgan fingerprint density at radius 2 is 2.00 bits per heavy atom. The van der Waals surface area contributed by atoms with E-state index in [-0.39, 0.29) is 18.1 Å². The van der Waals surface area contributed by atoms with E-state index in [0.29, 0.717) is 43.1 Å². The standard InChI is InChI=1S/C24H27BrN2O5/c1-14(2)31-23-20(21(28)17-8-7-15-5-4-6-19(25)18(15)13-17)22(32-26-23)16-9-11-27(12-10-16)24(29)30-3/h4-8,13-14,16,21,28H,9-12H2,1-3H3. The SMILES string of the molecule is COC(=O)N1CCC(c2onc(OC(C)C)c2C(O)c2ccc3cccc(Br)c3c2)CC1. The van der Waals surface area contributed by atoms with Crippen molar-refractivity contribution in [2.24, 2.45) is 0 Å². The molecular weight excluding hydrogens is 476 g/mol. The summed E-state index contributed by atoms with van der Waals surface area (Å²) in [7, 11) is 1.39. The fraction of sp³-hybridized carbons (Fsp3) is 0.417. The molecule has 170 valence electrons. The third kappa shape index (κ3) is 4.47. The van der Waals surface area contributed by atoms with Gasteiger partial charge in [0.1, 0.15) is 11.9 Å². The predicted octanol–water partition coefficient (Wildman–Crippen LogP) is 5.41. The van der Waals surface area contributed by atoms with Crippen LogP contribution in [0.1, 0.15) is 55.6 Å². The number of hydrogen-bond acceptors (Lipinski definition) is 6. The number of ether oxygens (including phenoxy) is 2. The van der Waals surface area contributed by atoms with Crippen LogP contribution in [0.25, 0.3) is 10.8 Å². The van der Waals surface area contributed by atoms with Crippen molar-refractivity contribution in [2.75, 3.05) is 20.2 Å². The Hall–Kier alpha value is -2.58. The molecule has 0 aliphatic carbocycles. The van der Waals surface area contributed by atoms with E-state index in [1.807, 2.05) is 50.2 Å². The van der Waals surface area contributed by atoms with Crippen molar-refractivity contribution in [3.05, 3.63) is 57.8 Å². The molecule has 3 aromatic rings. The quantitative estimate of drug-likeness (QED) is 0.502. The monoisotopic (exact) mass is 502 g/mol. The number of fused-ring (bicyclic) bond motifs is 1. The molecule has 7 nitrogen and oxygen atoms in total. The number of halogens is 1. The zero-order valence-corrected chi connectivity index (χ0v) is 20.0. The fourth-order valence-corrected chi connectivity index (χ4v) is 4.69. The second-order valence-electron chi connectivity index (χ2n) is 8.29. The lowest BCUT2D eigenvalue weighted by molar-refractivity contribution is 0.109. The molecule has 1 saturated heterocycles. The minimum atomic E-state index is -0.958. The fourth-order valence-electron chi connectivity index (χ4n) is 4.19. The first kappa shape index (κ1) is 22.6. The number of likely N-dealkylation sites (tertiary alicyclic amines) is 1. The maximum atomic E-state index is 11.8. The van der Waals surface area contributed by atoms with Crippen molar-refractivity contribution >= 4 is 32.8 Å². The van der Waals surface area contributed by atoms with E-state index in [1.165, 1.54) is 7.11 Å². The van der Waals surface area contributed by atoms with Crippen LogP contribution in [0.15, 0.2) is 45.4 Å². The van der Waals surface area contributed by atoms with Gasteiger partial charge in [-0.05, 0) is 60.3 Å². The van der Waals surface area contributed by atoms with E-state index < -0.39 is 6.10 Å². The Balaban J connectivity index is 1.68. The van der Waals surface area contributed by atoms with Crippen LogP contribution in [0, 0.1) is 0 Å². The number of rotatable bonds is 5. The molecule has 0 radical (unpaired) electrons. The van der Waals surface area contributed by atoms with E-state index in [4.69, 9.17) is 14.0 Å². The summed E-state index contributed by atoms with van der Waals surface area (Å²) in [5.41, 5.74) is 1.29. The number of piperidine rings is 1. The average molecular weight is 503 g/mol. The smallest absolute Gasteiger partial charge is 0.409 e. The van der Waals surface area contributed by atoms with Crippen molar-refractivity contribution in [3.63, 3.8) is 0 Å². The molecule has 1 atom stereocenters. The minimum Gasteiger partial charge on any atom is -0.473 e. The van der Waals surface area contributed by atoms with E-state index in [1.54, 1.807) is 4.90 Å². The lowest BCUT2D eigenvalue weighted by atomic mass is 9.89. The van der Waals surface area contributed by atoms with Gasteiger partial charge in [-0.2, -0.15) is 0 Å². The molecule has 1 aliphatic rings. The van der Waals surface area contributed by atoms with Gasteiger partial charge in [0.05, 0.1) is 18.8 Å². The van der Waals surface area contributed by atoms with Gasteiger partial charge >= 0.3 is 6.09 Å². The first-order chi connectivity index (χ1) is 15.4. The topological polar surface area (TPSA) is 85.0 Å². The first-order valence-electron chi connectivity index (χ1n) is 10.7. The van der Waals surface area contributed by atoms with Gasteiger partial charge in [-0.25, -0.2) is 4.79 Å². The molecule has 0 spiro atoms. The number of carbonyl (C=O) groups excluding carboxylic acids is 1. The van der Waals surface area contributed by atoms with Crippen molar-refractivity contribution < 1.29 is 23.9 Å². The van der Waals surface area contributed by atoms with Crippen LogP contribution in [-0.4, -0.2) is 47.6 Å². The lowest BCUT2D eigenvalue weighted by Gasteiger charge is -2.30. The summed E-state index contributed by atoms with van der Waals surface area (Å²) < 4.78 is 17.4. The van der Waals surface area contributed by atoms with E-state index in [0.717, 1.165) is 20.8 Å². The molecule has 1 aromatic heterocycles. The molecule has 32 heavy (non-hydrogen) atoms. The second kappa shape index (κ2) is 9.50. The van der Waals surface area contributed by atoms with E-state index >= 15 is 0 Å². The van der Waals surface area contributed by atoms with Crippen LogP contribution in [0.2, 0.25) is 0 Å². The first-order valence-corrected chi connectivity index (χ1v) is 11.5. The van der Waals surface area contributed by atoms with Crippen LogP contribution < -0.4 is 4.74 Å². The van der Waals surface area contributed by atoms with Crippen molar-refractivity contribution in [1.82, 2.24) is 10.1 Å². The zero-order chi connectivity index (χ0) is 22.8. The highest BCUT2D eigenvalue weighted by Crippen LogP contribution is 2.41. The number of carbonyl (C=O) groups is 1. The van der Waals surface area contributed by atoms with Crippen LogP contribution in [0.3, 0.4) is 0 Å². The highest BCUT2D eigenvalue weighted by atomic mass is 79.9. The summed E-state index contributed by atoms with van der Waals surface area (Å²) >= 11 is 3.60. The molecule has 0 saturated carbocycles. The van der Waals surface area contributed by atoms with Crippen LogP contribution in [-0.2, 0) is 4.74 Å². The molecule has 0 bridgehead atoms. The van der Waals surface area contributed by atoms with Crippen molar-refractivity contribution in [1.29, 1.82) is 0 Å². The largest absolute Gasteiger partial charge is 0.473 e. The van der Waals surface area contributed by atoms with Gasteiger partial charge in [0.2, 0.25) is 0 Å². The number of amides is 1. The van der Waals surface area contributed by atoms with Gasteiger partial charge in [0.25, 0.3) is 5.88 Å². The van der Waals surface area contributed by atoms with Gasteiger partial charge in [0.15, 0.2) is 0 Å². The second-order valence-corrected chi connectivity index (χ2v) is 9.14. The van der Waals surface area contributed by atoms with Gasteiger partial charge in [-0.15, -0.1) is 0 Å². The molecule has 1 amide bonds. The van der Waals surface area contributed by atoms with Gasteiger partial charge in [-0.3, -0.25) is 0 Å². The number of aromatic nitrogens is 1. The summed E-state index contributed by atoms with van der Waals surface area (Å²) in [6, 6.07) is 11.9. The highest BCUT2D eigenvalue weighted by molar-refractivity contribution is 9.10. The Morgan fingerprint density at radius 3 is 2.69 bits per heavy atom. The number of benzene rings is 2. The Kier molecular flexibility index (Phi) is 6.71. The number of aliphatic hydroxyl groups excluding tert-OH is 1. The summed E-state index contributed by atoms with van der Waals surface area (Å²) in [4.78, 5) is 13.5. The maximum Gasteiger partial charge on any atom is 0.409 e. The minimum absolute atomic E-state index is 0.0183. The molecule has 1 unspecified atom stereocenters. The van der Waals surface area contributed by atoms with Crippen LogP contribution >= 0.6 is 15.9 Å².